The Morgan fingerprint density at radius 3 is 3.07 bits per heavy atom. The van der Waals surface area contributed by atoms with Crippen molar-refractivity contribution in [1.82, 2.24) is 15.1 Å². The van der Waals surface area contributed by atoms with E-state index >= 15 is 0 Å². The molecule has 0 bridgehead atoms. The molecular weight excluding hydrogens is 194 g/mol. The van der Waals surface area contributed by atoms with E-state index in [0.29, 0.717) is 13.0 Å². The molecule has 1 heterocycles. The van der Waals surface area contributed by atoms with Crippen molar-refractivity contribution in [3.8, 4) is 0 Å². The molecule has 15 heavy (non-hydrogen) atoms. The van der Waals surface area contributed by atoms with Gasteiger partial charge in [0.1, 0.15) is 6.54 Å². The van der Waals surface area contributed by atoms with Crippen LogP contribution >= 0.6 is 0 Å². The fourth-order valence-electron chi connectivity index (χ4n) is 1.26. The molecule has 0 saturated heterocycles. The van der Waals surface area contributed by atoms with E-state index in [0.717, 1.165) is 6.42 Å². The van der Waals surface area contributed by atoms with Gasteiger partial charge in [0, 0.05) is 18.9 Å². The van der Waals surface area contributed by atoms with E-state index in [1.54, 1.807) is 23.1 Å². The van der Waals surface area contributed by atoms with Crippen molar-refractivity contribution in [2.45, 2.75) is 32.4 Å². The molecule has 0 aliphatic heterocycles. The van der Waals surface area contributed by atoms with Gasteiger partial charge in [-0.15, -0.1) is 0 Å². The molecular formula is C10H17N3O2. The maximum atomic E-state index is 11.3. The summed E-state index contributed by atoms with van der Waals surface area (Å²) in [4.78, 5) is 11.3. The van der Waals surface area contributed by atoms with Crippen molar-refractivity contribution in [3.63, 3.8) is 0 Å². The third kappa shape index (κ3) is 4.60. The number of aliphatic hydroxyl groups is 1. The number of carbonyl (C=O) groups excluding carboxylic acids is 1. The van der Waals surface area contributed by atoms with Crippen LogP contribution in [0.1, 0.15) is 19.8 Å². The van der Waals surface area contributed by atoms with Gasteiger partial charge in [0.15, 0.2) is 0 Å². The molecule has 0 saturated carbocycles. The molecule has 1 atom stereocenters. The van der Waals surface area contributed by atoms with Gasteiger partial charge in [-0.25, -0.2) is 0 Å². The molecule has 1 aromatic heterocycles. The average molecular weight is 211 g/mol. The van der Waals surface area contributed by atoms with Gasteiger partial charge in [0.05, 0.1) is 6.10 Å². The Kier molecular flexibility index (Phi) is 4.83. The second-order valence-corrected chi connectivity index (χ2v) is 3.45. The van der Waals surface area contributed by atoms with E-state index in [1.807, 2.05) is 6.92 Å². The van der Waals surface area contributed by atoms with Crippen LogP contribution in [0.3, 0.4) is 0 Å². The molecule has 1 rings (SSSR count). The first-order chi connectivity index (χ1) is 7.22. The van der Waals surface area contributed by atoms with E-state index < -0.39 is 6.10 Å². The second-order valence-electron chi connectivity index (χ2n) is 3.45. The Balaban J connectivity index is 2.19. The number of hydrogen-bond acceptors (Lipinski definition) is 3. The fourth-order valence-corrected chi connectivity index (χ4v) is 1.26. The van der Waals surface area contributed by atoms with Gasteiger partial charge >= 0.3 is 0 Å². The molecule has 0 aliphatic carbocycles. The van der Waals surface area contributed by atoms with Crippen LogP contribution in [0.25, 0.3) is 0 Å². The molecule has 84 valence electrons. The highest BCUT2D eigenvalue weighted by Gasteiger charge is 2.06. The summed E-state index contributed by atoms with van der Waals surface area (Å²) in [6.07, 6.45) is 4.52. The topological polar surface area (TPSA) is 67.2 Å². The van der Waals surface area contributed by atoms with E-state index in [4.69, 9.17) is 0 Å². The SMILES string of the molecule is CCCC(O)CNC(=O)Cn1cccn1. The first kappa shape index (κ1) is 11.7. The van der Waals surface area contributed by atoms with Gasteiger partial charge in [-0.05, 0) is 12.5 Å². The molecule has 0 spiro atoms. The number of aromatic nitrogens is 2. The van der Waals surface area contributed by atoms with Gasteiger partial charge in [0.25, 0.3) is 0 Å². The number of rotatable bonds is 6. The van der Waals surface area contributed by atoms with Crippen LogP contribution in [0.2, 0.25) is 0 Å². The normalized spacial score (nSPS) is 12.4. The molecule has 1 unspecified atom stereocenters. The van der Waals surface area contributed by atoms with Crippen LogP contribution < -0.4 is 5.32 Å². The molecule has 0 aliphatic rings. The summed E-state index contributed by atoms with van der Waals surface area (Å²) in [5.74, 6) is -0.131. The number of hydrogen-bond donors (Lipinski definition) is 2. The van der Waals surface area contributed by atoms with Crippen molar-refractivity contribution in [2.24, 2.45) is 0 Å². The highest BCUT2D eigenvalue weighted by atomic mass is 16.3. The fraction of sp³-hybridized carbons (Fsp3) is 0.600. The van der Waals surface area contributed by atoms with Crippen LogP contribution in [-0.4, -0.2) is 33.4 Å². The summed E-state index contributed by atoms with van der Waals surface area (Å²) in [5.41, 5.74) is 0. The minimum atomic E-state index is -0.448. The summed E-state index contributed by atoms with van der Waals surface area (Å²) in [6.45, 7) is 2.51. The summed E-state index contributed by atoms with van der Waals surface area (Å²) >= 11 is 0. The number of nitrogens with zero attached hydrogens (tertiary/aromatic N) is 2. The Morgan fingerprint density at radius 1 is 1.67 bits per heavy atom. The quantitative estimate of drug-likeness (QED) is 0.704. The third-order valence-corrected chi connectivity index (χ3v) is 2.02. The molecule has 0 radical (unpaired) electrons. The lowest BCUT2D eigenvalue weighted by atomic mass is 10.2. The number of carbonyl (C=O) groups is 1. The first-order valence-corrected chi connectivity index (χ1v) is 5.14. The van der Waals surface area contributed by atoms with Gasteiger partial charge in [-0.1, -0.05) is 13.3 Å². The zero-order chi connectivity index (χ0) is 11.1. The standard InChI is InChI=1S/C10H17N3O2/c1-2-4-9(14)7-11-10(15)8-13-6-3-5-12-13/h3,5-6,9,14H,2,4,7-8H2,1H3,(H,11,15). The van der Waals surface area contributed by atoms with Gasteiger partial charge < -0.3 is 10.4 Å². The Bertz CT molecular complexity index is 285. The van der Waals surface area contributed by atoms with Crippen LogP contribution in [0.4, 0.5) is 0 Å². The lowest BCUT2D eigenvalue weighted by molar-refractivity contribution is -0.122. The molecule has 2 N–H and O–H groups in total. The number of amides is 1. The number of nitrogens with one attached hydrogen (secondary N) is 1. The minimum absolute atomic E-state index is 0.131. The smallest absolute Gasteiger partial charge is 0.241 e. The highest BCUT2D eigenvalue weighted by molar-refractivity contribution is 5.75. The van der Waals surface area contributed by atoms with E-state index in [2.05, 4.69) is 10.4 Å². The lowest BCUT2D eigenvalue weighted by Gasteiger charge is -2.10. The second kappa shape index (κ2) is 6.19. The summed E-state index contributed by atoms with van der Waals surface area (Å²) in [6, 6.07) is 1.76. The largest absolute Gasteiger partial charge is 0.391 e. The highest BCUT2D eigenvalue weighted by Crippen LogP contribution is 1.93. The average Bonchev–Trinajstić information content (AvgIpc) is 2.68. The van der Waals surface area contributed by atoms with Gasteiger partial charge in [0.2, 0.25) is 5.91 Å². The zero-order valence-electron chi connectivity index (χ0n) is 8.89. The monoisotopic (exact) mass is 211 g/mol. The van der Waals surface area contributed by atoms with Crippen molar-refractivity contribution >= 4 is 5.91 Å². The molecule has 0 fully saturated rings. The molecule has 5 nitrogen and oxygen atoms in total. The predicted molar refractivity (Wildman–Crippen MR) is 56.2 cm³/mol. The van der Waals surface area contributed by atoms with Crippen molar-refractivity contribution < 1.29 is 9.90 Å². The maximum absolute atomic E-state index is 11.3. The minimum Gasteiger partial charge on any atom is -0.391 e. The lowest BCUT2D eigenvalue weighted by Crippen LogP contribution is -2.34. The van der Waals surface area contributed by atoms with Crippen LogP contribution in [0, 0.1) is 0 Å². The van der Waals surface area contributed by atoms with Crippen molar-refractivity contribution in [3.05, 3.63) is 18.5 Å². The van der Waals surface area contributed by atoms with Gasteiger partial charge in [-0.3, -0.25) is 9.48 Å². The predicted octanol–water partition coefficient (Wildman–Crippen LogP) is 0.160. The Morgan fingerprint density at radius 2 is 2.47 bits per heavy atom. The van der Waals surface area contributed by atoms with Gasteiger partial charge in [-0.2, -0.15) is 5.10 Å². The van der Waals surface area contributed by atoms with Crippen molar-refractivity contribution in [1.29, 1.82) is 0 Å². The molecule has 1 aromatic rings. The van der Waals surface area contributed by atoms with Crippen LogP contribution in [0.15, 0.2) is 18.5 Å². The van der Waals surface area contributed by atoms with Crippen LogP contribution in [-0.2, 0) is 11.3 Å². The summed E-state index contributed by atoms with van der Waals surface area (Å²) in [5, 5.41) is 16.0. The van der Waals surface area contributed by atoms with E-state index in [9.17, 15) is 9.90 Å². The Hall–Kier alpha value is -1.36. The Labute approximate surface area is 89.1 Å². The van der Waals surface area contributed by atoms with Crippen molar-refractivity contribution in [2.75, 3.05) is 6.54 Å². The van der Waals surface area contributed by atoms with E-state index in [-0.39, 0.29) is 12.5 Å². The molecule has 1 amide bonds. The first-order valence-electron chi connectivity index (χ1n) is 5.14. The zero-order valence-corrected chi connectivity index (χ0v) is 8.89. The third-order valence-electron chi connectivity index (χ3n) is 2.02. The maximum Gasteiger partial charge on any atom is 0.241 e. The molecule has 0 aromatic carbocycles. The van der Waals surface area contributed by atoms with E-state index in [1.165, 1.54) is 0 Å². The van der Waals surface area contributed by atoms with Crippen LogP contribution in [0.5, 0.6) is 0 Å². The number of aliphatic hydroxyl groups excluding tert-OH is 1. The summed E-state index contributed by atoms with van der Waals surface area (Å²) < 4.78 is 1.54. The molecule has 5 heteroatoms. The summed E-state index contributed by atoms with van der Waals surface area (Å²) in [7, 11) is 0.